The highest BCUT2D eigenvalue weighted by molar-refractivity contribution is 5.38. The summed E-state index contributed by atoms with van der Waals surface area (Å²) in [5.74, 6) is 0.634. The molecule has 6 heteroatoms. The lowest BCUT2D eigenvalue weighted by Gasteiger charge is -2.18. The van der Waals surface area contributed by atoms with E-state index in [2.05, 4.69) is 4.98 Å². The van der Waals surface area contributed by atoms with Crippen molar-refractivity contribution in [2.24, 2.45) is 0 Å². The van der Waals surface area contributed by atoms with Crippen LogP contribution in [-0.2, 0) is 0 Å². The van der Waals surface area contributed by atoms with E-state index in [9.17, 15) is 5.21 Å². The number of hydrogen-bond donors (Lipinski definition) is 3. The summed E-state index contributed by atoms with van der Waals surface area (Å²) in [6.45, 7) is 1.72. The summed E-state index contributed by atoms with van der Waals surface area (Å²) in [6.07, 6.45) is 2.17. The molecule has 0 amide bonds. The zero-order valence-electron chi connectivity index (χ0n) is 7.77. The maximum atomic E-state index is 9.55. The van der Waals surface area contributed by atoms with Gasteiger partial charge in [0.05, 0.1) is 0 Å². The molecular weight excluding hydrogens is 182 g/mol. The Bertz CT molecular complexity index is 393. The molecule has 2 rings (SSSR count). The Morgan fingerprint density at radius 3 is 2.71 bits per heavy atom. The van der Waals surface area contributed by atoms with Gasteiger partial charge in [0.15, 0.2) is 5.49 Å². The average Bonchev–Trinajstić information content (AvgIpc) is 2.63. The Morgan fingerprint density at radius 1 is 1.43 bits per heavy atom. The molecule has 0 atom stereocenters. The van der Waals surface area contributed by atoms with E-state index in [0.717, 1.165) is 30.7 Å². The van der Waals surface area contributed by atoms with Crippen molar-refractivity contribution in [2.45, 2.75) is 12.8 Å². The second-order valence-electron chi connectivity index (χ2n) is 3.37. The van der Waals surface area contributed by atoms with Crippen molar-refractivity contribution < 1.29 is 5.21 Å². The van der Waals surface area contributed by atoms with Crippen molar-refractivity contribution in [3.63, 3.8) is 0 Å². The average molecular weight is 195 g/mol. The van der Waals surface area contributed by atoms with Crippen molar-refractivity contribution in [2.75, 3.05) is 23.7 Å². The van der Waals surface area contributed by atoms with E-state index < -0.39 is 0 Å². The third-order valence-corrected chi connectivity index (χ3v) is 2.32. The summed E-state index contributed by atoms with van der Waals surface area (Å²) in [5, 5.41) is 17.0. The van der Waals surface area contributed by atoms with Crippen LogP contribution in [0.4, 0.5) is 11.8 Å². The number of nitrogens with two attached hydrogens (primary N) is 1. The molecule has 0 aromatic carbocycles. The first kappa shape index (κ1) is 8.86. The highest BCUT2D eigenvalue weighted by atomic mass is 16.5. The van der Waals surface area contributed by atoms with Gasteiger partial charge in [0.25, 0.3) is 0 Å². The quantitative estimate of drug-likeness (QED) is 0.540. The van der Waals surface area contributed by atoms with E-state index in [4.69, 9.17) is 11.1 Å². The number of nitrogens with one attached hydrogen (secondary N) is 1. The fourth-order valence-corrected chi connectivity index (χ4v) is 1.63. The van der Waals surface area contributed by atoms with Crippen LogP contribution in [0.5, 0.6) is 0 Å². The molecule has 1 fully saturated rings. The summed E-state index contributed by atoms with van der Waals surface area (Å²) in [7, 11) is 0. The fourth-order valence-electron chi connectivity index (χ4n) is 1.63. The summed E-state index contributed by atoms with van der Waals surface area (Å²) < 4.78 is 0.766. The highest BCUT2D eigenvalue weighted by Crippen LogP contribution is 2.15. The molecule has 6 nitrogen and oxygen atoms in total. The fraction of sp³-hybridized carbons (Fsp3) is 0.500. The van der Waals surface area contributed by atoms with Crippen molar-refractivity contribution in [3.05, 3.63) is 11.6 Å². The van der Waals surface area contributed by atoms with Crippen LogP contribution >= 0.6 is 0 Å². The second-order valence-corrected chi connectivity index (χ2v) is 3.37. The van der Waals surface area contributed by atoms with E-state index in [1.807, 2.05) is 4.90 Å². The molecule has 0 unspecified atom stereocenters. The van der Waals surface area contributed by atoms with Crippen LogP contribution in [0.2, 0.25) is 0 Å². The predicted molar refractivity (Wildman–Crippen MR) is 51.1 cm³/mol. The molecule has 2 heterocycles. The van der Waals surface area contributed by atoms with Gasteiger partial charge >= 0.3 is 0 Å². The van der Waals surface area contributed by atoms with E-state index in [0.29, 0.717) is 5.95 Å². The SMILES string of the molecule is N=c1cc(N)nc(N2CCCC2)n1O. The number of aromatic nitrogens is 2. The summed E-state index contributed by atoms with van der Waals surface area (Å²) in [4.78, 5) is 5.94. The van der Waals surface area contributed by atoms with Gasteiger partial charge in [0.1, 0.15) is 5.82 Å². The molecule has 1 aromatic rings. The summed E-state index contributed by atoms with van der Waals surface area (Å²) in [6, 6.07) is 1.32. The number of anilines is 2. The number of nitrogen functional groups attached to an aromatic ring is 1. The Balaban J connectivity index is 2.45. The van der Waals surface area contributed by atoms with Crippen molar-refractivity contribution in [1.29, 1.82) is 5.41 Å². The third-order valence-electron chi connectivity index (χ3n) is 2.32. The second kappa shape index (κ2) is 3.21. The zero-order chi connectivity index (χ0) is 10.1. The van der Waals surface area contributed by atoms with Crippen LogP contribution in [0.3, 0.4) is 0 Å². The molecule has 1 aromatic heterocycles. The molecule has 0 bridgehead atoms. The zero-order valence-corrected chi connectivity index (χ0v) is 7.77. The predicted octanol–water partition coefficient (Wildman–Crippen LogP) is -0.218. The van der Waals surface area contributed by atoms with Crippen molar-refractivity contribution >= 4 is 11.8 Å². The lowest BCUT2D eigenvalue weighted by molar-refractivity contribution is 0.170. The molecule has 76 valence electrons. The first-order valence-electron chi connectivity index (χ1n) is 4.57. The van der Waals surface area contributed by atoms with Crippen LogP contribution in [0.25, 0.3) is 0 Å². The van der Waals surface area contributed by atoms with Gasteiger partial charge in [-0.1, -0.05) is 0 Å². The molecule has 0 aliphatic carbocycles. The van der Waals surface area contributed by atoms with Crippen LogP contribution < -0.4 is 16.1 Å². The van der Waals surface area contributed by atoms with Crippen molar-refractivity contribution in [3.8, 4) is 0 Å². The lowest BCUT2D eigenvalue weighted by Crippen LogP contribution is -2.30. The van der Waals surface area contributed by atoms with E-state index in [-0.39, 0.29) is 11.3 Å². The minimum atomic E-state index is -0.0422. The topological polar surface area (TPSA) is 91.2 Å². The monoisotopic (exact) mass is 195 g/mol. The van der Waals surface area contributed by atoms with Gasteiger partial charge in [-0.25, -0.2) is 0 Å². The largest absolute Gasteiger partial charge is 0.423 e. The van der Waals surface area contributed by atoms with Crippen LogP contribution in [0.15, 0.2) is 6.07 Å². The van der Waals surface area contributed by atoms with Gasteiger partial charge in [0.2, 0.25) is 5.95 Å². The Labute approximate surface area is 81.1 Å². The molecule has 1 aliphatic heterocycles. The number of hydrogen-bond acceptors (Lipinski definition) is 5. The Kier molecular flexibility index (Phi) is 2.03. The Morgan fingerprint density at radius 2 is 2.07 bits per heavy atom. The molecule has 4 N–H and O–H groups in total. The molecule has 14 heavy (non-hydrogen) atoms. The van der Waals surface area contributed by atoms with Gasteiger partial charge in [-0.05, 0) is 12.8 Å². The minimum Gasteiger partial charge on any atom is -0.423 e. The van der Waals surface area contributed by atoms with Gasteiger partial charge in [-0.2, -0.15) is 4.98 Å². The van der Waals surface area contributed by atoms with Gasteiger partial charge in [-0.3, -0.25) is 5.41 Å². The van der Waals surface area contributed by atoms with Crippen LogP contribution in [-0.4, -0.2) is 28.0 Å². The van der Waals surface area contributed by atoms with E-state index in [1.165, 1.54) is 6.07 Å². The lowest BCUT2D eigenvalue weighted by atomic mass is 10.4. The first-order valence-corrected chi connectivity index (χ1v) is 4.57. The van der Waals surface area contributed by atoms with Crippen molar-refractivity contribution in [1.82, 2.24) is 9.71 Å². The van der Waals surface area contributed by atoms with Crippen LogP contribution in [0.1, 0.15) is 12.8 Å². The summed E-state index contributed by atoms with van der Waals surface area (Å²) >= 11 is 0. The maximum Gasteiger partial charge on any atom is 0.243 e. The van der Waals surface area contributed by atoms with E-state index in [1.54, 1.807) is 0 Å². The standard InChI is InChI=1S/C8H13N5O/c9-6-5-7(10)13(14)8(11-6)12-3-1-2-4-12/h5,10,14H,1-4,9H2. The normalized spacial score (nSPS) is 16.1. The van der Waals surface area contributed by atoms with Crippen LogP contribution in [0, 0.1) is 5.41 Å². The molecule has 1 aliphatic rings. The molecular formula is C8H13N5O. The smallest absolute Gasteiger partial charge is 0.243 e. The third kappa shape index (κ3) is 1.39. The first-order chi connectivity index (χ1) is 6.68. The Hall–Kier alpha value is -1.72. The van der Waals surface area contributed by atoms with Gasteiger partial charge < -0.3 is 15.8 Å². The molecule has 0 radical (unpaired) electrons. The number of nitrogens with zero attached hydrogens (tertiary/aromatic N) is 3. The maximum absolute atomic E-state index is 9.55. The molecule has 1 saturated heterocycles. The van der Waals surface area contributed by atoms with Gasteiger partial charge in [0, 0.05) is 19.2 Å². The summed E-state index contributed by atoms with van der Waals surface area (Å²) in [5.41, 5.74) is 5.47. The minimum absolute atomic E-state index is 0.0422. The highest BCUT2D eigenvalue weighted by Gasteiger charge is 2.17. The van der Waals surface area contributed by atoms with E-state index >= 15 is 0 Å². The van der Waals surface area contributed by atoms with Gasteiger partial charge in [-0.15, -0.1) is 4.73 Å². The molecule has 0 saturated carbocycles. The molecule has 0 spiro atoms. The number of rotatable bonds is 1.